The van der Waals surface area contributed by atoms with E-state index in [0.717, 1.165) is 11.0 Å². The van der Waals surface area contributed by atoms with Crippen LogP contribution in [0.2, 0.25) is 0 Å². The molecule has 0 aliphatic heterocycles. The Labute approximate surface area is 104 Å². The second-order valence-electron chi connectivity index (χ2n) is 4.10. The van der Waals surface area contributed by atoms with Crippen molar-refractivity contribution in [2.24, 2.45) is 0 Å². The summed E-state index contributed by atoms with van der Waals surface area (Å²) in [6.45, 7) is 5.31. The smallest absolute Gasteiger partial charge is 0.0511 e. The zero-order valence-electron chi connectivity index (χ0n) is 9.57. The highest BCUT2D eigenvalue weighted by Crippen LogP contribution is 2.27. The maximum atomic E-state index is 9.27. The van der Waals surface area contributed by atoms with E-state index in [0.29, 0.717) is 0 Å². The molecule has 1 N–H and O–H groups in total. The molecule has 2 nitrogen and oxygen atoms in total. The number of nitrogens with zero attached hydrogens (tertiary/aromatic N) is 1. The second-order valence-corrected chi connectivity index (χ2v) is 5.02. The first-order valence-electron chi connectivity index (χ1n) is 5.57. The van der Waals surface area contributed by atoms with Crippen LogP contribution in [0.3, 0.4) is 0 Å². The molecule has 0 spiro atoms. The van der Waals surface area contributed by atoms with Gasteiger partial charge in [-0.2, -0.15) is 0 Å². The van der Waals surface area contributed by atoms with Gasteiger partial charge in [-0.05, 0) is 30.5 Å². The Balaban J connectivity index is 2.66. The molecule has 1 unspecified atom stereocenters. The molecule has 0 amide bonds. The Morgan fingerprint density at radius 3 is 2.75 bits per heavy atom. The Bertz CT molecular complexity index is 504. The van der Waals surface area contributed by atoms with Gasteiger partial charge in [0.05, 0.1) is 6.61 Å². The summed E-state index contributed by atoms with van der Waals surface area (Å²) in [6, 6.07) is 8.47. The number of fused-ring (bicyclic) bond motifs is 1. The molecule has 0 fully saturated rings. The summed E-state index contributed by atoms with van der Waals surface area (Å²) in [5.41, 5.74) is 2.44. The second kappa shape index (κ2) is 4.60. The van der Waals surface area contributed by atoms with Gasteiger partial charge in [-0.15, -0.1) is 0 Å². The Kier molecular flexibility index (Phi) is 3.36. The summed E-state index contributed by atoms with van der Waals surface area (Å²) in [7, 11) is 0. The number of halogens is 1. The monoisotopic (exact) mass is 281 g/mol. The zero-order chi connectivity index (χ0) is 11.7. The molecule has 2 rings (SSSR count). The minimum atomic E-state index is 0.186. The van der Waals surface area contributed by atoms with Crippen LogP contribution in [0.1, 0.15) is 25.5 Å². The first-order valence-corrected chi connectivity index (χ1v) is 6.36. The van der Waals surface area contributed by atoms with Gasteiger partial charge in [-0.1, -0.05) is 28.9 Å². The molecule has 3 heteroatoms. The number of benzene rings is 1. The molecule has 0 aliphatic rings. The van der Waals surface area contributed by atoms with Gasteiger partial charge in [0.25, 0.3) is 0 Å². The van der Waals surface area contributed by atoms with Gasteiger partial charge in [0.15, 0.2) is 0 Å². The maximum Gasteiger partial charge on any atom is 0.0511 e. The van der Waals surface area contributed by atoms with Crippen LogP contribution in [-0.4, -0.2) is 16.3 Å². The highest BCUT2D eigenvalue weighted by atomic mass is 79.9. The fraction of sp³-hybridized carbons (Fsp3) is 0.385. The van der Waals surface area contributed by atoms with E-state index in [-0.39, 0.29) is 12.5 Å². The summed E-state index contributed by atoms with van der Waals surface area (Å²) >= 11 is 3.50. The molecule has 16 heavy (non-hydrogen) atoms. The van der Waals surface area contributed by atoms with Crippen molar-refractivity contribution in [2.45, 2.75) is 26.3 Å². The summed E-state index contributed by atoms with van der Waals surface area (Å²) in [6.07, 6.45) is 0. The van der Waals surface area contributed by atoms with E-state index in [1.165, 1.54) is 16.6 Å². The van der Waals surface area contributed by atoms with Gasteiger partial charge in [0.2, 0.25) is 0 Å². The molecule has 0 bridgehead atoms. The molecule has 0 radical (unpaired) electrons. The third kappa shape index (κ3) is 1.89. The lowest BCUT2D eigenvalue weighted by Gasteiger charge is -2.12. The van der Waals surface area contributed by atoms with E-state index in [2.05, 4.69) is 58.6 Å². The number of aliphatic hydroxyl groups is 1. The number of aryl methyl sites for hydroxylation is 1. The predicted octanol–water partition coefficient (Wildman–Crippen LogP) is 3.52. The molecule has 1 atom stereocenters. The quantitative estimate of drug-likeness (QED) is 0.915. The minimum absolute atomic E-state index is 0.186. The molecular weight excluding hydrogens is 266 g/mol. The Morgan fingerprint density at radius 1 is 1.38 bits per heavy atom. The summed E-state index contributed by atoms with van der Waals surface area (Å²) in [5, 5.41) is 10.5. The van der Waals surface area contributed by atoms with Crippen LogP contribution >= 0.6 is 15.9 Å². The van der Waals surface area contributed by atoms with Gasteiger partial charge in [-0.25, -0.2) is 0 Å². The topological polar surface area (TPSA) is 25.2 Å². The normalized spacial score (nSPS) is 13.2. The predicted molar refractivity (Wildman–Crippen MR) is 70.8 cm³/mol. The first-order chi connectivity index (χ1) is 7.67. The lowest BCUT2D eigenvalue weighted by atomic mass is 10.1. The Hall–Kier alpha value is -0.800. The lowest BCUT2D eigenvalue weighted by Crippen LogP contribution is -2.07. The standard InChI is InChI=1S/C13H16BrNO/c1-3-15-12(9(2)8-16)6-10-4-5-11(14)7-13(10)15/h4-7,9,16H,3,8H2,1-2H3. The average molecular weight is 282 g/mol. The largest absolute Gasteiger partial charge is 0.396 e. The number of hydrogen-bond donors (Lipinski definition) is 1. The van der Waals surface area contributed by atoms with E-state index in [9.17, 15) is 5.11 Å². The molecule has 0 saturated heterocycles. The van der Waals surface area contributed by atoms with Crippen LogP contribution in [-0.2, 0) is 6.54 Å². The van der Waals surface area contributed by atoms with E-state index < -0.39 is 0 Å². The number of rotatable bonds is 3. The fourth-order valence-electron chi connectivity index (χ4n) is 2.10. The number of aromatic nitrogens is 1. The number of hydrogen-bond acceptors (Lipinski definition) is 1. The molecule has 0 saturated carbocycles. The minimum Gasteiger partial charge on any atom is -0.396 e. The molecule has 0 aliphatic carbocycles. The van der Waals surface area contributed by atoms with Crippen LogP contribution in [0.5, 0.6) is 0 Å². The first kappa shape index (κ1) is 11.7. The number of aliphatic hydroxyl groups excluding tert-OH is 1. The summed E-state index contributed by atoms with van der Waals surface area (Å²) < 4.78 is 3.36. The zero-order valence-corrected chi connectivity index (χ0v) is 11.2. The van der Waals surface area contributed by atoms with Gasteiger partial charge < -0.3 is 9.67 Å². The van der Waals surface area contributed by atoms with Crippen molar-refractivity contribution in [3.63, 3.8) is 0 Å². The van der Waals surface area contributed by atoms with Gasteiger partial charge in [-0.3, -0.25) is 0 Å². The van der Waals surface area contributed by atoms with E-state index in [1.54, 1.807) is 0 Å². The van der Waals surface area contributed by atoms with Gasteiger partial charge in [0.1, 0.15) is 0 Å². The van der Waals surface area contributed by atoms with Gasteiger partial charge >= 0.3 is 0 Å². The molecule has 1 aromatic carbocycles. The van der Waals surface area contributed by atoms with Crippen LogP contribution < -0.4 is 0 Å². The summed E-state index contributed by atoms with van der Waals surface area (Å²) in [4.78, 5) is 0. The molecule has 86 valence electrons. The van der Waals surface area contributed by atoms with Crippen LogP contribution in [0.15, 0.2) is 28.7 Å². The van der Waals surface area contributed by atoms with Crippen LogP contribution in [0.4, 0.5) is 0 Å². The van der Waals surface area contributed by atoms with Crippen LogP contribution in [0, 0.1) is 0 Å². The molecule has 1 aromatic heterocycles. The summed E-state index contributed by atoms with van der Waals surface area (Å²) in [5.74, 6) is 0.186. The van der Waals surface area contributed by atoms with Crippen molar-refractivity contribution in [3.8, 4) is 0 Å². The third-order valence-corrected chi connectivity index (χ3v) is 3.49. The third-order valence-electron chi connectivity index (χ3n) is 2.99. The molecule has 1 heterocycles. The highest BCUT2D eigenvalue weighted by Gasteiger charge is 2.13. The fourth-order valence-corrected chi connectivity index (χ4v) is 2.45. The van der Waals surface area contributed by atoms with Crippen molar-refractivity contribution in [1.29, 1.82) is 0 Å². The van der Waals surface area contributed by atoms with Crippen molar-refractivity contribution in [1.82, 2.24) is 4.57 Å². The SMILES string of the molecule is CCn1c(C(C)CO)cc2ccc(Br)cc21. The van der Waals surface area contributed by atoms with Crippen molar-refractivity contribution in [2.75, 3.05) is 6.61 Å². The van der Waals surface area contributed by atoms with Crippen molar-refractivity contribution < 1.29 is 5.11 Å². The van der Waals surface area contributed by atoms with E-state index in [4.69, 9.17) is 0 Å². The molecule has 2 aromatic rings. The van der Waals surface area contributed by atoms with Gasteiger partial charge in [0, 0.05) is 28.1 Å². The maximum absolute atomic E-state index is 9.27. The van der Waals surface area contributed by atoms with Crippen molar-refractivity contribution in [3.05, 3.63) is 34.4 Å². The lowest BCUT2D eigenvalue weighted by molar-refractivity contribution is 0.269. The average Bonchev–Trinajstić information content (AvgIpc) is 2.65. The molecular formula is C13H16BrNO. The van der Waals surface area contributed by atoms with E-state index >= 15 is 0 Å². The van der Waals surface area contributed by atoms with Crippen molar-refractivity contribution >= 4 is 26.8 Å². The van der Waals surface area contributed by atoms with E-state index in [1.807, 2.05) is 0 Å². The highest BCUT2D eigenvalue weighted by molar-refractivity contribution is 9.10. The Morgan fingerprint density at radius 2 is 2.12 bits per heavy atom. The van der Waals surface area contributed by atoms with Crippen LogP contribution in [0.25, 0.3) is 10.9 Å².